The highest BCUT2D eigenvalue weighted by atomic mass is 79.9. The van der Waals surface area contributed by atoms with Gasteiger partial charge in [0.25, 0.3) is 0 Å². The average molecular weight is 515 g/mol. The highest BCUT2D eigenvalue weighted by molar-refractivity contribution is 9.10. The van der Waals surface area contributed by atoms with Crippen LogP contribution in [0.4, 0.5) is 5.69 Å². The molecule has 2 aliphatic rings. The number of nitriles is 2. The zero-order valence-corrected chi connectivity index (χ0v) is 19.7. The largest absolute Gasteiger partial charge is 0.351 e. The van der Waals surface area contributed by atoms with Crippen LogP contribution in [0, 0.1) is 28.1 Å². The van der Waals surface area contributed by atoms with Crippen LogP contribution in [-0.4, -0.2) is 17.9 Å². The van der Waals surface area contributed by atoms with Crippen LogP contribution < -0.4 is 4.90 Å². The van der Waals surface area contributed by atoms with Gasteiger partial charge in [-0.3, -0.25) is 4.79 Å². The van der Waals surface area contributed by atoms with Crippen molar-refractivity contribution in [2.75, 3.05) is 4.90 Å². The predicted octanol–water partition coefficient (Wildman–Crippen LogP) is 6.39. The molecule has 0 radical (unpaired) electrons. The van der Waals surface area contributed by atoms with Gasteiger partial charge in [0, 0.05) is 26.7 Å². The molecule has 5 rings (SSSR count). The summed E-state index contributed by atoms with van der Waals surface area (Å²) in [5, 5.41) is 21.4. The normalized spacial score (nSPS) is 22.1. The molecule has 0 unspecified atom stereocenters. The maximum Gasteiger partial charge on any atom is 0.185 e. The lowest BCUT2D eigenvalue weighted by atomic mass is 9.69. The van der Waals surface area contributed by atoms with Crippen molar-refractivity contribution in [3.8, 4) is 12.1 Å². The Balaban J connectivity index is 1.79. The van der Waals surface area contributed by atoms with Gasteiger partial charge >= 0.3 is 0 Å². The number of Topliss-reactive ketones (excluding diaryl/α,β-unsaturated/α-hetero) is 1. The number of carbonyl (C=O) groups excluding carboxylic acids is 1. The molecule has 0 bridgehead atoms. The smallest absolute Gasteiger partial charge is 0.185 e. The summed E-state index contributed by atoms with van der Waals surface area (Å²) in [5.41, 5.74) is 1.49. The summed E-state index contributed by atoms with van der Waals surface area (Å²) in [5.74, 6) is -0.790. The molecule has 0 spiro atoms. The molecule has 0 amide bonds. The number of fused-ring (bicyclic) bond motifs is 3. The first-order valence-corrected chi connectivity index (χ1v) is 11.6. The first kappa shape index (κ1) is 21.5. The van der Waals surface area contributed by atoms with Crippen LogP contribution in [0.25, 0.3) is 6.08 Å². The van der Waals surface area contributed by atoms with E-state index >= 15 is 0 Å². The third-order valence-electron chi connectivity index (χ3n) is 6.52. The number of rotatable bonds is 3. The lowest BCUT2D eigenvalue weighted by molar-refractivity contribution is 0.0951. The minimum atomic E-state index is -1.46. The van der Waals surface area contributed by atoms with Gasteiger partial charge in [-0.25, -0.2) is 0 Å². The summed E-state index contributed by atoms with van der Waals surface area (Å²) in [7, 11) is 0. The van der Waals surface area contributed by atoms with E-state index in [1.54, 1.807) is 18.2 Å². The third-order valence-corrected chi connectivity index (χ3v) is 7.29. The van der Waals surface area contributed by atoms with Crippen molar-refractivity contribution in [3.63, 3.8) is 0 Å². The van der Waals surface area contributed by atoms with E-state index < -0.39 is 23.4 Å². The van der Waals surface area contributed by atoms with Gasteiger partial charge < -0.3 is 4.90 Å². The molecule has 1 fully saturated rings. The first-order chi connectivity index (χ1) is 16.0. The van der Waals surface area contributed by atoms with Crippen molar-refractivity contribution in [3.05, 3.63) is 105 Å². The minimum absolute atomic E-state index is 0.128. The molecule has 1 saturated heterocycles. The van der Waals surface area contributed by atoms with Gasteiger partial charge in [-0.1, -0.05) is 82.1 Å². The molecule has 3 aromatic rings. The van der Waals surface area contributed by atoms with Gasteiger partial charge in [0.15, 0.2) is 11.2 Å². The van der Waals surface area contributed by atoms with Crippen LogP contribution in [0.15, 0.2) is 83.3 Å². The number of carbonyl (C=O) groups is 1. The lowest BCUT2D eigenvalue weighted by Gasteiger charge is -2.35. The molecule has 4 nitrogen and oxygen atoms in total. The van der Waals surface area contributed by atoms with Crippen LogP contribution in [0.5, 0.6) is 0 Å². The molecule has 6 heteroatoms. The number of halogens is 2. The van der Waals surface area contributed by atoms with Crippen molar-refractivity contribution in [2.24, 2.45) is 5.41 Å². The number of benzene rings is 3. The molecular weight excluding hydrogens is 498 g/mol. The lowest BCUT2D eigenvalue weighted by Crippen LogP contribution is -2.44. The SMILES string of the molecule is N#CC1(C#N)[C@H](c2ccc(Br)cc2)[C@@H](C(=O)c2ccccc2)N2c3ccc(Cl)cc3C=C[C@@H]21. The second-order valence-electron chi connectivity index (χ2n) is 8.21. The Kier molecular flexibility index (Phi) is 5.33. The number of nitrogens with zero attached hydrogens (tertiary/aromatic N) is 3. The fourth-order valence-corrected chi connectivity index (χ4v) is 5.53. The van der Waals surface area contributed by atoms with Gasteiger partial charge in [-0.2, -0.15) is 10.5 Å². The topological polar surface area (TPSA) is 67.9 Å². The fraction of sp³-hybridized carbons (Fsp3) is 0.148. The Morgan fingerprint density at radius 3 is 2.36 bits per heavy atom. The maximum absolute atomic E-state index is 14.0. The standard InChI is InChI=1S/C27H17BrClN3O/c28-20-9-6-17(7-10-20)24-25(26(33)18-4-2-1-3-5-18)32-22-12-11-21(29)14-19(22)8-13-23(32)27(24,15-30)16-31/h1-14,23-25H/t23-,24-,25+/m1/s1. The average Bonchev–Trinajstić information content (AvgIpc) is 3.15. The van der Waals surface area contributed by atoms with Crippen LogP contribution in [0.3, 0.4) is 0 Å². The van der Waals surface area contributed by atoms with E-state index in [0.717, 1.165) is 21.3 Å². The second kappa shape index (κ2) is 8.19. The second-order valence-corrected chi connectivity index (χ2v) is 9.56. The fourth-order valence-electron chi connectivity index (χ4n) is 5.08. The summed E-state index contributed by atoms with van der Waals surface area (Å²) in [6.07, 6.45) is 3.75. The summed E-state index contributed by atoms with van der Waals surface area (Å²) in [6.45, 7) is 0. The molecule has 160 valence electrons. The van der Waals surface area contributed by atoms with Crippen LogP contribution in [-0.2, 0) is 0 Å². The van der Waals surface area contributed by atoms with Gasteiger partial charge in [-0.05, 0) is 41.5 Å². The molecule has 3 aromatic carbocycles. The molecule has 3 atom stereocenters. The number of ketones is 1. The molecule has 33 heavy (non-hydrogen) atoms. The quantitative estimate of drug-likeness (QED) is 0.380. The van der Waals surface area contributed by atoms with Gasteiger partial charge in [0.05, 0.1) is 18.2 Å². The van der Waals surface area contributed by atoms with Crippen molar-refractivity contribution in [2.45, 2.75) is 18.0 Å². The molecule has 0 aromatic heterocycles. The van der Waals surface area contributed by atoms with E-state index in [9.17, 15) is 15.3 Å². The van der Waals surface area contributed by atoms with Crippen LogP contribution in [0.2, 0.25) is 5.02 Å². The Labute approximate surface area is 205 Å². The molecule has 0 saturated carbocycles. The number of hydrogen-bond acceptors (Lipinski definition) is 4. The van der Waals surface area contributed by atoms with Crippen molar-refractivity contribution in [1.29, 1.82) is 10.5 Å². The van der Waals surface area contributed by atoms with Gasteiger partial charge in [0.2, 0.25) is 0 Å². The van der Waals surface area contributed by atoms with E-state index in [0.29, 0.717) is 10.6 Å². The Morgan fingerprint density at radius 1 is 1.00 bits per heavy atom. The number of hydrogen-bond donors (Lipinski definition) is 0. The van der Waals surface area contributed by atoms with E-state index in [-0.39, 0.29) is 5.78 Å². The van der Waals surface area contributed by atoms with Crippen LogP contribution >= 0.6 is 27.5 Å². The zero-order valence-electron chi connectivity index (χ0n) is 17.3. The molecule has 0 N–H and O–H groups in total. The molecular formula is C27H17BrClN3O. The highest BCUT2D eigenvalue weighted by Gasteiger charge is 2.63. The Hall–Kier alpha value is -3.38. The van der Waals surface area contributed by atoms with Crippen molar-refractivity contribution in [1.82, 2.24) is 0 Å². The Morgan fingerprint density at radius 2 is 1.70 bits per heavy atom. The van der Waals surface area contributed by atoms with Crippen molar-refractivity contribution < 1.29 is 4.79 Å². The third kappa shape index (κ3) is 3.28. The summed E-state index contributed by atoms with van der Waals surface area (Å²) in [4.78, 5) is 16.0. The van der Waals surface area contributed by atoms with E-state index in [4.69, 9.17) is 11.6 Å². The molecule has 2 heterocycles. The van der Waals surface area contributed by atoms with E-state index in [1.807, 2.05) is 71.6 Å². The summed E-state index contributed by atoms with van der Waals surface area (Å²) in [6, 6.07) is 25.3. The Bertz CT molecular complexity index is 1340. The highest BCUT2D eigenvalue weighted by Crippen LogP contribution is 2.55. The summed E-state index contributed by atoms with van der Waals surface area (Å²) >= 11 is 9.69. The summed E-state index contributed by atoms with van der Waals surface area (Å²) < 4.78 is 0.882. The monoisotopic (exact) mass is 513 g/mol. The minimum Gasteiger partial charge on any atom is -0.351 e. The van der Waals surface area contributed by atoms with Crippen molar-refractivity contribution >= 4 is 45.1 Å². The van der Waals surface area contributed by atoms with E-state index in [2.05, 4.69) is 28.1 Å². The zero-order chi connectivity index (χ0) is 23.2. The van der Waals surface area contributed by atoms with Gasteiger partial charge in [0.1, 0.15) is 6.04 Å². The van der Waals surface area contributed by atoms with Gasteiger partial charge in [-0.15, -0.1) is 0 Å². The maximum atomic E-state index is 14.0. The van der Waals surface area contributed by atoms with E-state index in [1.165, 1.54) is 0 Å². The molecule has 0 aliphatic carbocycles. The predicted molar refractivity (Wildman–Crippen MR) is 132 cm³/mol. The molecule has 2 aliphatic heterocycles. The van der Waals surface area contributed by atoms with Crippen LogP contribution in [0.1, 0.15) is 27.4 Å². The number of anilines is 1. The first-order valence-electron chi connectivity index (χ1n) is 10.4.